The normalized spacial score (nSPS) is 12.3. The molecule has 4 nitrogen and oxygen atoms in total. The van der Waals surface area contributed by atoms with E-state index < -0.39 is 0 Å². The van der Waals surface area contributed by atoms with Gasteiger partial charge in [0.1, 0.15) is 5.82 Å². The summed E-state index contributed by atoms with van der Waals surface area (Å²) >= 11 is 4.92. The fourth-order valence-corrected chi connectivity index (χ4v) is 3.18. The summed E-state index contributed by atoms with van der Waals surface area (Å²) in [7, 11) is 0. The Hall–Kier alpha value is -1.79. The number of carbonyl (C=O) groups excluding carboxylic acids is 1. The molecule has 2 aromatic carbocycles. The van der Waals surface area contributed by atoms with Gasteiger partial charge in [0.25, 0.3) is 0 Å². The third-order valence-corrected chi connectivity index (χ3v) is 4.92. The Kier molecular flexibility index (Phi) is 5.03. The largest absolute Gasteiger partial charge is 0.346 e. The van der Waals surface area contributed by atoms with Gasteiger partial charge in [-0.1, -0.05) is 28.1 Å². The Morgan fingerprint density at radius 1 is 1.26 bits per heavy atom. The predicted molar refractivity (Wildman–Crippen MR) is 97.5 cm³/mol. The standard InChI is InChI=1S/C17H16BrN3OS/c1-11(17-20-14-4-2-3-5-15(14)21-17)19-16(22)10-23-13-8-6-12(18)7-9-13/h2-9,11H,10H2,1H3,(H,19,22)(H,20,21)/t11-/m0/s1. The summed E-state index contributed by atoms with van der Waals surface area (Å²) in [4.78, 5) is 20.9. The maximum atomic E-state index is 12.1. The molecule has 0 aliphatic carbocycles. The lowest BCUT2D eigenvalue weighted by Crippen LogP contribution is -2.28. The average molecular weight is 390 g/mol. The zero-order valence-corrected chi connectivity index (χ0v) is 14.9. The van der Waals surface area contributed by atoms with E-state index in [1.54, 1.807) is 0 Å². The van der Waals surface area contributed by atoms with E-state index in [-0.39, 0.29) is 11.9 Å². The number of nitrogens with zero attached hydrogens (tertiary/aromatic N) is 1. The zero-order chi connectivity index (χ0) is 16.2. The van der Waals surface area contributed by atoms with Crippen molar-refractivity contribution in [2.45, 2.75) is 17.9 Å². The quantitative estimate of drug-likeness (QED) is 0.639. The van der Waals surface area contributed by atoms with E-state index in [9.17, 15) is 4.79 Å². The third-order valence-electron chi connectivity index (χ3n) is 3.38. The number of thioether (sulfide) groups is 1. The van der Waals surface area contributed by atoms with Gasteiger partial charge in [0.15, 0.2) is 0 Å². The van der Waals surface area contributed by atoms with Crippen LogP contribution in [-0.4, -0.2) is 21.6 Å². The van der Waals surface area contributed by atoms with Gasteiger partial charge in [-0.25, -0.2) is 4.98 Å². The molecule has 1 atom stereocenters. The van der Waals surface area contributed by atoms with Crippen molar-refractivity contribution in [3.8, 4) is 0 Å². The Morgan fingerprint density at radius 3 is 2.74 bits per heavy atom. The number of H-pyrrole nitrogens is 1. The van der Waals surface area contributed by atoms with Crippen LogP contribution in [0.4, 0.5) is 0 Å². The number of aromatic nitrogens is 2. The first-order valence-corrected chi connectivity index (χ1v) is 9.02. The zero-order valence-electron chi connectivity index (χ0n) is 12.5. The van der Waals surface area contributed by atoms with Crippen molar-refractivity contribution in [2.75, 3.05) is 5.75 Å². The van der Waals surface area contributed by atoms with E-state index in [2.05, 4.69) is 31.2 Å². The highest BCUT2D eigenvalue weighted by atomic mass is 79.9. The molecule has 1 amide bonds. The molecule has 0 radical (unpaired) electrons. The van der Waals surface area contributed by atoms with Crippen LogP contribution >= 0.6 is 27.7 Å². The number of halogens is 1. The maximum absolute atomic E-state index is 12.1. The molecular weight excluding hydrogens is 374 g/mol. The fourth-order valence-electron chi connectivity index (χ4n) is 2.21. The van der Waals surface area contributed by atoms with E-state index in [0.717, 1.165) is 26.2 Å². The van der Waals surface area contributed by atoms with Crippen LogP contribution in [0.2, 0.25) is 0 Å². The maximum Gasteiger partial charge on any atom is 0.230 e. The number of hydrogen-bond acceptors (Lipinski definition) is 3. The van der Waals surface area contributed by atoms with Crippen LogP contribution in [0.15, 0.2) is 57.9 Å². The average Bonchev–Trinajstić information content (AvgIpc) is 2.98. The molecule has 118 valence electrons. The second kappa shape index (κ2) is 7.19. The second-order valence-electron chi connectivity index (χ2n) is 5.17. The van der Waals surface area contributed by atoms with E-state index in [0.29, 0.717) is 5.75 Å². The first-order chi connectivity index (χ1) is 11.1. The molecule has 3 rings (SSSR count). The van der Waals surface area contributed by atoms with Crippen molar-refractivity contribution in [2.24, 2.45) is 0 Å². The fraction of sp³-hybridized carbons (Fsp3) is 0.176. The minimum Gasteiger partial charge on any atom is -0.346 e. The smallest absolute Gasteiger partial charge is 0.230 e. The number of carbonyl (C=O) groups is 1. The Morgan fingerprint density at radius 2 is 2.00 bits per heavy atom. The topological polar surface area (TPSA) is 57.8 Å². The van der Waals surface area contributed by atoms with Gasteiger partial charge < -0.3 is 10.3 Å². The molecular formula is C17H16BrN3OS. The minimum atomic E-state index is -0.152. The van der Waals surface area contributed by atoms with Crippen molar-refractivity contribution < 1.29 is 4.79 Å². The van der Waals surface area contributed by atoms with Gasteiger partial charge in [-0.15, -0.1) is 11.8 Å². The molecule has 0 saturated heterocycles. The van der Waals surface area contributed by atoms with Gasteiger partial charge in [0.2, 0.25) is 5.91 Å². The van der Waals surface area contributed by atoms with Crippen molar-refractivity contribution >= 4 is 44.6 Å². The molecule has 1 aromatic heterocycles. The monoisotopic (exact) mass is 389 g/mol. The molecule has 23 heavy (non-hydrogen) atoms. The van der Waals surface area contributed by atoms with Crippen molar-refractivity contribution in [1.82, 2.24) is 15.3 Å². The molecule has 6 heteroatoms. The number of fused-ring (bicyclic) bond motifs is 1. The number of hydrogen-bond donors (Lipinski definition) is 2. The number of nitrogens with one attached hydrogen (secondary N) is 2. The van der Waals surface area contributed by atoms with Crippen LogP contribution in [0.5, 0.6) is 0 Å². The molecule has 0 aliphatic heterocycles. The van der Waals surface area contributed by atoms with Crippen LogP contribution in [0.1, 0.15) is 18.8 Å². The van der Waals surface area contributed by atoms with Crippen molar-refractivity contribution in [3.63, 3.8) is 0 Å². The molecule has 2 N–H and O–H groups in total. The first-order valence-electron chi connectivity index (χ1n) is 7.24. The van der Waals surface area contributed by atoms with Crippen LogP contribution in [-0.2, 0) is 4.79 Å². The molecule has 0 saturated carbocycles. The molecule has 0 aliphatic rings. The van der Waals surface area contributed by atoms with Crippen LogP contribution in [0.3, 0.4) is 0 Å². The highest BCUT2D eigenvalue weighted by Crippen LogP contribution is 2.21. The van der Waals surface area contributed by atoms with Crippen LogP contribution in [0.25, 0.3) is 11.0 Å². The number of imidazole rings is 1. The van der Waals surface area contributed by atoms with Crippen molar-refractivity contribution in [1.29, 1.82) is 0 Å². The van der Waals surface area contributed by atoms with E-state index in [1.165, 1.54) is 11.8 Å². The number of aromatic amines is 1. The van der Waals surface area contributed by atoms with Crippen LogP contribution in [0, 0.1) is 0 Å². The highest BCUT2D eigenvalue weighted by molar-refractivity contribution is 9.10. The lowest BCUT2D eigenvalue weighted by Gasteiger charge is -2.11. The van der Waals surface area contributed by atoms with Gasteiger partial charge in [-0.05, 0) is 43.3 Å². The number of para-hydroxylation sites is 2. The Labute approximate surface area is 147 Å². The van der Waals surface area contributed by atoms with Gasteiger partial charge in [0, 0.05) is 9.37 Å². The lowest BCUT2D eigenvalue weighted by molar-refractivity contribution is -0.119. The molecule has 0 fully saturated rings. The summed E-state index contributed by atoms with van der Waals surface area (Å²) < 4.78 is 1.03. The van der Waals surface area contributed by atoms with E-state index in [1.807, 2.05) is 55.5 Å². The number of benzene rings is 2. The SMILES string of the molecule is C[C@H](NC(=O)CSc1ccc(Br)cc1)c1nc2ccccc2[nH]1. The summed E-state index contributed by atoms with van der Waals surface area (Å²) in [6.45, 7) is 1.93. The second-order valence-corrected chi connectivity index (χ2v) is 7.14. The number of rotatable bonds is 5. The molecule has 1 heterocycles. The highest BCUT2D eigenvalue weighted by Gasteiger charge is 2.13. The molecule has 0 bridgehead atoms. The molecule has 0 spiro atoms. The van der Waals surface area contributed by atoms with Gasteiger partial charge >= 0.3 is 0 Å². The summed E-state index contributed by atoms with van der Waals surface area (Å²) in [5.74, 6) is 1.14. The third kappa shape index (κ3) is 4.14. The first kappa shape index (κ1) is 16.1. The van der Waals surface area contributed by atoms with Crippen LogP contribution < -0.4 is 5.32 Å². The Bertz CT molecular complexity index is 783. The Balaban J connectivity index is 1.57. The lowest BCUT2D eigenvalue weighted by atomic mass is 10.3. The summed E-state index contributed by atoms with van der Waals surface area (Å²) in [6, 6.07) is 15.6. The van der Waals surface area contributed by atoms with E-state index in [4.69, 9.17) is 0 Å². The summed E-state index contributed by atoms with van der Waals surface area (Å²) in [6.07, 6.45) is 0. The molecule has 3 aromatic rings. The molecule has 0 unspecified atom stereocenters. The van der Waals surface area contributed by atoms with Gasteiger partial charge in [-0.2, -0.15) is 0 Å². The van der Waals surface area contributed by atoms with E-state index >= 15 is 0 Å². The summed E-state index contributed by atoms with van der Waals surface area (Å²) in [5, 5.41) is 2.98. The van der Waals surface area contributed by atoms with Gasteiger partial charge in [-0.3, -0.25) is 4.79 Å². The summed E-state index contributed by atoms with van der Waals surface area (Å²) in [5.41, 5.74) is 1.89. The van der Waals surface area contributed by atoms with Gasteiger partial charge in [0.05, 0.1) is 22.8 Å². The van der Waals surface area contributed by atoms with Crippen molar-refractivity contribution in [3.05, 3.63) is 58.8 Å². The predicted octanol–water partition coefficient (Wildman–Crippen LogP) is 4.29. The number of amides is 1. The minimum absolute atomic E-state index is 0.00845.